The van der Waals surface area contributed by atoms with Gasteiger partial charge < -0.3 is 14.7 Å². The highest BCUT2D eigenvalue weighted by molar-refractivity contribution is 5.85. The Morgan fingerprint density at radius 3 is 2.71 bits per heavy atom. The zero-order valence-electron chi connectivity index (χ0n) is 12.7. The van der Waals surface area contributed by atoms with E-state index in [1.807, 2.05) is 12.1 Å². The van der Waals surface area contributed by atoms with Gasteiger partial charge in [-0.1, -0.05) is 0 Å². The Morgan fingerprint density at radius 1 is 1.29 bits per heavy atom. The maximum Gasteiger partial charge on any atom is 0.129 e. The van der Waals surface area contributed by atoms with Crippen molar-refractivity contribution in [3.05, 3.63) is 29.8 Å². The van der Waals surface area contributed by atoms with Gasteiger partial charge in [0.05, 0.1) is 12.6 Å². The van der Waals surface area contributed by atoms with Gasteiger partial charge in [0.25, 0.3) is 0 Å². The van der Waals surface area contributed by atoms with Crippen LogP contribution in [0.2, 0.25) is 0 Å². The van der Waals surface area contributed by atoms with Crippen LogP contribution in [-0.2, 0) is 0 Å². The molecule has 112 valence electrons. The number of rotatable bonds is 3. The number of pyridine rings is 1. The summed E-state index contributed by atoms with van der Waals surface area (Å²) in [5.74, 6) is 2.32. The van der Waals surface area contributed by atoms with E-state index in [0.717, 1.165) is 43.0 Å². The molecule has 2 aromatic rings. The third kappa shape index (κ3) is 2.81. The minimum atomic E-state index is 0.301. The number of hydrogen-bond acceptors (Lipinski definition) is 4. The number of hydrogen-bond donors (Lipinski definition) is 1. The number of aliphatic hydroxyl groups excluding tert-OH is 1. The molecule has 1 aliphatic rings. The van der Waals surface area contributed by atoms with Gasteiger partial charge in [0.2, 0.25) is 0 Å². The van der Waals surface area contributed by atoms with Gasteiger partial charge in [-0.3, -0.25) is 0 Å². The van der Waals surface area contributed by atoms with Gasteiger partial charge in [-0.15, -0.1) is 0 Å². The third-order valence-electron chi connectivity index (χ3n) is 4.41. The summed E-state index contributed by atoms with van der Waals surface area (Å²) in [6.45, 7) is 4.36. The molecule has 1 saturated heterocycles. The molecule has 0 bridgehead atoms. The molecule has 1 fully saturated rings. The molecule has 0 unspecified atom stereocenters. The first-order chi connectivity index (χ1) is 10.2. The van der Waals surface area contributed by atoms with E-state index in [4.69, 9.17) is 9.72 Å². The first kappa shape index (κ1) is 14.1. The van der Waals surface area contributed by atoms with Gasteiger partial charge in [-0.25, -0.2) is 4.98 Å². The summed E-state index contributed by atoms with van der Waals surface area (Å²) in [5.41, 5.74) is 2.22. The van der Waals surface area contributed by atoms with Gasteiger partial charge in [0, 0.05) is 31.1 Å². The van der Waals surface area contributed by atoms with E-state index in [2.05, 4.69) is 24.0 Å². The molecule has 1 aromatic heterocycles. The average Bonchev–Trinajstić information content (AvgIpc) is 2.54. The van der Waals surface area contributed by atoms with E-state index in [1.54, 1.807) is 7.11 Å². The van der Waals surface area contributed by atoms with Crippen LogP contribution in [-0.4, -0.2) is 36.9 Å². The van der Waals surface area contributed by atoms with Crippen LogP contribution in [0.25, 0.3) is 10.9 Å². The Balaban J connectivity index is 1.92. The fourth-order valence-corrected chi connectivity index (χ4v) is 3.00. The highest BCUT2D eigenvalue weighted by Gasteiger charge is 2.20. The van der Waals surface area contributed by atoms with Crippen molar-refractivity contribution in [2.45, 2.75) is 19.8 Å². The Kier molecular flexibility index (Phi) is 3.97. The SMILES string of the molecule is COc1ccc2c(C)cc(N3CCC(CO)CC3)nc2c1. The van der Waals surface area contributed by atoms with Crippen LogP contribution in [0.15, 0.2) is 24.3 Å². The lowest BCUT2D eigenvalue weighted by molar-refractivity contribution is 0.203. The molecular formula is C17H22N2O2. The van der Waals surface area contributed by atoms with Crippen LogP contribution in [0.3, 0.4) is 0 Å². The maximum atomic E-state index is 9.24. The third-order valence-corrected chi connectivity index (χ3v) is 4.41. The van der Waals surface area contributed by atoms with Gasteiger partial charge in [0.15, 0.2) is 0 Å². The van der Waals surface area contributed by atoms with Gasteiger partial charge in [-0.2, -0.15) is 0 Å². The summed E-state index contributed by atoms with van der Waals surface area (Å²) in [5, 5.41) is 10.4. The standard InChI is InChI=1S/C17H22N2O2/c1-12-9-17(19-7-5-13(11-20)6-8-19)18-16-10-14(21-2)3-4-15(12)16/h3-4,9-10,13,20H,5-8,11H2,1-2H3. The molecule has 0 spiro atoms. The number of aryl methyl sites for hydroxylation is 1. The van der Waals surface area contributed by atoms with Gasteiger partial charge in [-0.05, 0) is 49.4 Å². The fraction of sp³-hybridized carbons (Fsp3) is 0.471. The van der Waals surface area contributed by atoms with Gasteiger partial charge >= 0.3 is 0 Å². The molecule has 4 nitrogen and oxygen atoms in total. The molecule has 0 atom stereocenters. The molecule has 0 radical (unpaired) electrons. The number of aromatic nitrogens is 1. The lowest BCUT2D eigenvalue weighted by Gasteiger charge is -2.32. The van der Waals surface area contributed by atoms with Crippen molar-refractivity contribution in [1.29, 1.82) is 0 Å². The second-order valence-corrected chi connectivity index (χ2v) is 5.79. The number of methoxy groups -OCH3 is 1. The number of ether oxygens (including phenoxy) is 1. The van der Waals surface area contributed by atoms with Crippen LogP contribution in [0.4, 0.5) is 5.82 Å². The van der Waals surface area contributed by atoms with Crippen LogP contribution < -0.4 is 9.64 Å². The van der Waals surface area contributed by atoms with E-state index in [9.17, 15) is 5.11 Å². The number of fused-ring (bicyclic) bond motifs is 1. The summed E-state index contributed by atoms with van der Waals surface area (Å²) < 4.78 is 5.29. The number of piperidine rings is 1. The fourth-order valence-electron chi connectivity index (χ4n) is 3.00. The van der Waals surface area contributed by atoms with Gasteiger partial charge in [0.1, 0.15) is 11.6 Å². The molecule has 1 N–H and O–H groups in total. The molecule has 0 amide bonds. The van der Waals surface area contributed by atoms with Crippen molar-refractivity contribution in [1.82, 2.24) is 4.98 Å². The molecule has 1 aromatic carbocycles. The molecule has 21 heavy (non-hydrogen) atoms. The number of aliphatic hydroxyl groups is 1. The van der Waals surface area contributed by atoms with Crippen molar-refractivity contribution < 1.29 is 9.84 Å². The van der Waals surface area contributed by atoms with Crippen LogP contribution in [0.5, 0.6) is 5.75 Å². The van der Waals surface area contributed by atoms with Crippen molar-refractivity contribution in [2.75, 3.05) is 31.7 Å². The molecule has 0 saturated carbocycles. The van der Waals surface area contributed by atoms with E-state index in [1.165, 1.54) is 10.9 Å². The molecule has 2 heterocycles. The predicted molar refractivity (Wildman–Crippen MR) is 85.1 cm³/mol. The topological polar surface area (TPSA) is 45.6 Å². The maximum absolute atomic E-state index is 9.24. The Hall–Kier alpha value is -1.81. The predicted octanol–water partition coefficient (Wildman–Crippen LogP) is 2.76. The summed E-state index contributed by atoms with van der Waals surface area (Å²) in [6, 6.07) is 8.20. The summed E-state index contributed by atoms with van der Waals surface area (Å²) in [7, 11) is 1.68. The van der Waals surface area contributed by atoms with Crippen molar-refractivity contribution >= 4 is 16.7 Å². The first-order valence-electron chi connectivity index (χ1n) is 7.52. The Morgan fingerprint density at radius 2 is 2.05 bits per heavy atom. The molecular weight excluding hydrogens is 264 g/mol. The monoisotopic (exact) mass is 286 g/mol. The first-order valence-corrected chi connectivity index (χ1v) is 7.52. The Labute approximate surface area is 125 Å². The average molecular weight is 286 g/mol. The normalized spacial score (nSPS) is 16.4. The largest absolute Gasteiger partial charge is 0.497 e. The van der Waals surface area contributed by atoms with Crippen molar-refractivity contribution in [3.8, 4) is 5.75 Å². The number of nitrogens with zero attached hydrogens (tertiary/aromatic N) is 2. The van der Waals surface area contributed by atoms with Crippen LogP contribution >= 0.6 is 0 Å². The van der Waals surface area contributed by atoms with E-state index in [0.29, 0.717) is 12.5 Å². The summed E-state index contributed by atoms with van der Waals surface area (Å²) >= 11 is 0. The molecule has 0 aliphatic carbocycles. The minimum Gasteiger partial charge on any atom is -0.497 e. The summed E-state index contributed by atoms with van der Waals surface area (Å²) in [6.07, 6.45) is 2.07. The second-order valence-electron chi connectivity index (χ2n) is 5.79. The lowest BCUT2D eigenvalue weighted by Crippen LogP contribution is -2.35. The summed E-state index contributed by atoms with van der Waals surface area (Å²) in [4.78, 5) is 7.12. The molecule has 4 heteroatoms. The van der Waals surface area contributed by atoms with Crippen molar-refractivity contribution in [2.24, 2.45) is 5.92 Å². The number of anilines is 1. The van der Waals surface area contributed by atoms with E-state index >= 15 is 0 Å². The van der Waals surface area contributed by atoms with Crippen molar-refractivity contribution in [3.63, 3.8) is 0 Å². The van der Waals surface area contributed by atoms with Crippen LogP contribution in [0.1, 0.15) is 18.4 Å². The quantitative estimate of drug-likeness (QED) is 0.942. The lowest BCUT2D eigenvalue weighted by atomic mass is 9.98. The zero-order valence-corrected chi connectivity index (χ0v) is 12.7. The zero-order chi connectivity index (χ0) is 14.8. The second kappa shape index (κ2) is 5.90. The highest BCUT2D eigenvalue weighted by atomic mass is 16.5. The molecule has 1 aliphatic heterocycles. The minimum absolute atomic E-state index is 0.301. The smallest absolute Gasteiger partial charge is 0.129 e. The Bertz CT molecular complexity index is 634. The molecule has 3 rings (SSSR count). The number of benzene rings is 1. The van der Waals surface area contributed by atoms with E-state index in [-0.39, 0.29) is 0 Å². The van der Waals surface area contributed by atoms with E-state index < -0.39 is 0 Å². The van der Waals surface area contributed by atoms with Crippen LogP contribution in [0, 0.1) is 12.8 Å². The highest BCUT2D eigenvalue weighted by Crippen LogP contribution is 2.28.